The summed E-state index contributed by atoms with van der Waals surface area (Å²) in [5, 5.41) is 0. The first kappa shape index (κ1) is 8.96. The van der Waals surface area contributed by atoms with Gasteiger partial charge in [-0.15, -0.1) is 12.4 Å². The second-order valence-electron chi connectivity index (χ2n) is 0.333. The third-order valence-corrected chi connectivity index (χ3v) is 0.167. The zero-order valence-corrected chi connectivity index (χ0v) is 4.04. The van der Waals surface area contributed by atoms with Gasteiger partial charge in [-0.25, -0.2) is 9.78 Å². The third-order valence-electron chi connectivity index (χ3n) is 0.167. The Morgan fingerprint density at radius 1 is 1.00 bits per heavy atom. The SMILES string of the molecule is COOC.Cl. The topological polar surface area (TPSA) is 18.5 Å². The Balaban J connectivity index is 0. The lowest BCUT2D eigenvalue weighted by atomic mass is 11.7. The van der Waals surface area contributed by atoms with E-state index in [0.717, 1.165) is 0 Å². The van der Waals surface area contributed by atoms with Crippen molar-refractivity contribution < 1.29 is 9.78 Å². The fourth-order valence-corrected chi connectivity index (χ4v) is 0. The molecule has 0 aliphatic rings. The molecule has 0 N–H and O–H groups in total. The predicted octanol–water partition coefficient (Wildman–Crippen LogP) is 0.616. The van der Waals surface area contributed by atoms with E-state index in [-0.39, 0.29) is 12.4 Å². The number of hydrogen-bond donors (Lipinski definition) is 0. The fraction of sp³-hybridized carbons (Fsp3) is 1.00. The predicted molar refractivity (Wildman–Crippen MR) is 21.3 cm³/mol. The highest BCUT2D eigenvalue weighted by atomic mass is 35.5. The molecule has 0 unspecified atom stereocenters. The van der Waals surface area contributed by atoms with Gasteiger partial charge in [0.15, 0.2) is 0 Å². The van der Waals surface area contributed by atoms with E-state index in [9.17, 15) is 0 Å². The van der Waals surface area contributed by atoms with Crippen LogP contribution in [0.3, 0.4) is 0 Å². The van der Waals surface area contributed by atoms with Crippen LogP contribution in [0.5, 0.6) is 0 Å². The quantitative estimate of drug-likeness (QED) is 0.354. The van der Waals surface area contributed by atoms with Crippen LogP contribution in [0, 0.1) is 0 Å². The first-order valence-corrected chi connectivity index (χ1v) is 0.983. The van der Waals surface area contributed by atoms with E-state index in [2.05, 4.69) is 9.78 Å². The molecule has 0 heterocycles. The minimum atomic E-state index is 0. The van der Waals surface area contributed by atoms with Gasteiger partial charge >= 0.3 is 0 Å². The molecule has 0 aromatic carbocycles. The lowest BCUT2D eigenvalue weighted by Gasteiger charge is -1.78. The van der Waals surface area contributed by atoms with Crippen LogP contribution >= 0.6 is 12.4 Å². The van der Waals surface area contributed by atoms with Crippen LogP contribution in [0.4, 0.5) is 0 Å². The fourth-order valence-electron chi connectivity index (χ4n) is 0. The lowest BCUT2D eigenvalue weighted by Crippen LogP contribution is -1.72. The van der Waals surface area contributed by atoms with Crippen LogP contribution in [0.1, 0.15) is 0 Å². The van der Waals surface area contributed by atoms with E-state index < -0.39 is 0 Å². The summed E-state index contributed by atoms with van der Waals surface area (Å²) >= 11 is 0. The Morgan fingerprint density at radius 3 is 1.20 bits per heavy atom. The highest BCUT2D eigenvalue weighted by molar-refractivity contribution is 5.85. The first-order valence-electron chi connectivity index (χ1n) is 0.983. The van der Waals surface area contributed by atoms with E-state index in [4.69, 9.17) is 0 Å². The Bertz CT molecular complexity index is 9.61. The molecular formula is C2H7ClO2. The molecule has 0 atom stereocenters. The van der Waals surface area contributed by atoms with Gasteiger partial charge in [0.2, 0.25) is 0 Å². The van der Waals surface area contributed by atoms with Crippen molar-refractivity contribution >= 4 is 12.4 Å². The number of halogens is 1. The second kappa shape index (κ2) is 8.88. The molecule has 0 fully saturated rings. The summed E-state index contributed by atoms with van der Waals surface area (Å²) in [6, 6.07) is 0. The third kappa shape index (κ3) is 14.0. The summed E-state index contributed by atoms with van der Waals surface area (Å²) in [6.45, 7) is 0. The van der Waals surface area contributed by atoms with Gasteiger partial charge in [0, 0.05) is 0 Å². The summed E-state index contributed by atoms with van der Waals surface area (Å²) in [5.41, 5.74) is 0. The molecule has 3 heteroatoms. The van der Waals surface area contributed by atoms with E-state index in [1.54, 1.807) is 0 Å². The van der Waals surface area contributed by atoms with Crippen molar-refractivity contribution in [2.45, 2.75) is 0 Å². The summed E-state index contributed by atoms with van der Waals surface area (Å²) in [6.07, 6.45) is 0. The molecule has 0 saturated heterocycles. The van der Waals surface area contributed by atoms with Crippen LogP contribution in [0.2, 0.25) is 0 Å². The van der Waals surface area contributed by atoms with Crippen LogP contribution in [-0.4, -0.2) is 14.2 Å². The Morgan fingerprint density at radius 2 is 1.20 bits per heavy atom. The molecule has 0 rings (SSSR count). The van der Waals surface area contributed by atoms with Crippen molar-refractivity contribution in [3.05, 3.63) is 0 Å². The monoisotopic (exact) mass is 98.0 g/mol. The Hall–Kier alpha value is 0.210. The van der Waals surface area contributed by atoms with Gasteiger partial charge in [0.25, 0.3) is 0 Å². The molecule has 0 amide bonds. The zero-order valence-electron chi connectivity index (χ0n) is 3.22. The summed E-state index contributed by atoms with van der Waals surface area (Å²) in [5.74, 6) is 0. The normalized spacial score (nSPS) is 6.00. The van der Waals surface area contributed by atoms with Crippen molar-refractivity contribution in [1.82, 2.24) is 0 Å². The van der Waals surface area contributed by atoms with Crippen molar-refractivity contribution in [2.24, 2.45) is 0 Å². The molecule has 0 aliphatic heterocycles. The van der Waals surface area contributed by atoms with E-state index in [1.165, 1.54) is 14.2 Å². The summed E-state index contributed by atoms with van der Waals surface area (Å²) < 4.78 is 0. The molecule has 0 bridgehead atoms. The molecule has 2 nitrogen and oxygen atoms in total. The minimum Gasteiger partial charge on any atom is -0.240 e. The largest absolute Gasteiger partial charge is 0.240 e. The molecule has 0 aromatic rings. The van der Waals surface area contributed by atoms with Crippen molar-refractivity contribution in [3.8, 4) is 0 Å². The van der Waals surface area contributed by atoms with Crippen LogP contribution in [0.15, 0.2) is 0 Å². The van der Waals surface area contributed by atoms with Gasteiger partial charge in [-0.3, -0.25) is 0 Å². The summed E-state index contributed by atoms with van der Waals surface area (Å²) in [4.78, 5) is 8.08. The Kier molecular flexibility index (Phi) is 15.9. The molecule has 0 spiro atoms. The second-order valence-corrected chi connectivity index (χ2v) is 0.333. The smallest absolute Gasteiger partial charge is 0.0712 e. The lowest BCUT2D eigenvalue weighted by molar-refractivity contribution is -0.248. The maximum absolute atomic E-state index is 4.04. The van der Waals surface area contributed by atoms with Crippen LogP contribution < -0.4 is 0 Å². The molecule has 0 saturated carbocycles. The molecule has 34 valence electrons. The van der Waals surface area contributed by atoms with Crippen molar-refractivity contribution in [1.29, 1.82) is 0 Å². The van der Waals surface area contributed by atoms with Gasteiger partial charge in [-0.05, 0) is 0 Å². The first-order chi connectivity index (χ1) is 1.91. The number of hydrogen-bond acceptors (Lipinski definition) is 2. The van der Waals surface area contributed by atoms with Gasteiger partial charge in [0.1, 0.15) is 0 Å². The highest BCUT2D eigenvalue weighted by Gasteiger charge is 1.47. The highest BCUT2D eigenvalue weighted by Crippen LogP contribution is 1.52. The molecule has 0 aliphatic carbocycles. The minimum absolute atomic E-state index is 0. The van der Waals surface area contributed by atoms with E-state index in [0.29, 0.717) is 0 Å². The van der Waals surface area contributed by atoms with Crippen molar-refractivity contribution in [2.75, 3.05) is 14.2 Å². The molecular weight excluding hydrogens is 91.5 g/mol. The molecule has 0 radical (unpaired) electrons. The molecule has 0 aromatic heterocycles. The van der Waals surface area contributed by atoms with Gasteiger partial charge in [-0.1, -0.05) is 0 Å². The average molecular weight is 98.5 g/mol. The van der Waals surface area contributed by atoms with E-state index in [1.807, 2.05) is 0 Å². The van der Waals surface area contributed by atoms with Crippen LogP contribution in [-0.2, 0) is 9.78 Å². The van der Waals surface area contributed by atoms with E-state index >= 15 is 0 Å². The van der Waals surface area contributed by atoms with Gasteiger partial charge < -0.3 is 0 Å². The number of rotatable bonds is 1. The maximum Gasteiger partial charge on any atom is 0.0712 e. The standard InChI is InChI=1S/C2H6O2.ClH/c1-3-4-2;/h1-2H3;1H. The zero-order chi connectivity index (χ0) is 3.41. The van der Waals surface area contributed by atoms with Crippen LogP contribution in [0.25, 0.3) is 0 Å². The van der Waals surface area contributed by atoms with Gasteiger partial charge in [0.05, 0.1) is 14.2 Å². The maximum atomic E-state index is 4.04. The van der Waals surface area contributed by atoms with Crippen molar-refractivity contribution in [3.63, 3.8) is 0 Å². The average Bonchev–Trinajstić information content (AvgIpc) is 1.37. The molecule has 5 heavy (non-hydrogen) atoms. The summed E-state index contributed by atoms with van der Waals surface area (Å²) in [7, 11) is 2.92. The Labute approximate surface area is 37.4 Å². The van der Waals surface area contributed by atoms with Gasteiger partial charge in [-0.2, -0.15) is 0 Å².